The molecule has 1 amide bonds. The first-order chi connectivity index (χ1) is 12.6. The van der Waals surface area contributed by atoms with E-state index in [1.54, 1.807) is 18.4 Å². The van der Waals surface area contributed by atoms with Crippen LogP contribution in [0.2, 0.25) is 5.02 Å². The summed E-state index contributed by atoms with van der Waals surface area (Å²) in [6.07, 6.45) is 3.99. The van der Waals surface area contributed by atoms with Crippen LogP contribution >= 0.6 is 11.6 Å². The molecule has 140 valence electrons. The predicted molar refractivity (Wildman–Crippen MR) is 99.1 cm³/mol. The Hall–Kier alpha value is -2.18. The minimum Gasteiger partial charge on any atom is -0.493 e. The Kier molecular flexibility index (Phi) is 6.06. The third-order valence-corrected chi connectivity index (χ3v) is 4.89. The monoisotopic (exact) mass is 378 g/mol. The van der Waals surface area contributed by atoms with Crippen molar-refractivity contribution >= 4 is 17.5 Å². The number of hydrogen-bond donors (Lipinski definition) is 1. The summed E-state index contributed by atoms with van der Waals surface area (Å²) in [6.45, 7) is 2.46. The molecule has 0 radical (unpaired) electrons. The number of carbonyl (C=O) groups is 1. The first kappa shape index (κ1) is 18.6. The van der Waals surface area contributed by atoms with Crippen molar-refractivity contribution in [1.29, 1.82) is 0 Å². The number of furan rings is 1. The van der Waals surface area contributed by atoms with Crippen LogP contribution < -0.4 is 14.8 Å². The van der Waals surface area contributed by atoms with Crippen molar-refractivity contribution in [2.75, 3.05) is 33.9 Å². The molecule has 1 aromatic carbocycles. The maximum Gasteiger partial charge on any atom is 0.251 e. The van der Waals surface area contributed by atoms with E-state index in [4.69, 9.17) is 25.5 Å². The van der Waals surface area contributed by atoms with Gasteiger partial charge in [0.25, 0.3) is 5.91 Å². The minimum absolute atomic E-state index is 0.0204. The smallest absolute Gasteiger partial charge is 0.251 e. The van der Waals surface area contributed by atoms with Gasteiger partial charge in [-0.3, -0.25) is 9.69 Å². The van der Waals surface area contributed by atoms with Gasteiger partial charge < -0.3 is 19.2 Å². The molecule has 1 fully saturated rings. The fourth-order valence-electron chi connectivity index (χ4n) is 3.28. The highest BCUT2D eigenvalue weighted by molar-refractivity contribution is 6.32. The van der Waals surface area contributed by atoms with Crippen LogP contribution in [0.15, 0.2) is 34.9 Å². The fraction of sp³-hybridized carbons (Fsp3) is 0.421. The van der Waals surface area contributed by atoms with Crippen LogP contribution in [-0.2, 0) is 0 Å². The number of carbonyl (C=O) groups excluding carboxylic acids is 1. The van der Waals surface area contributed by atoms with Gasteiger partial charge in [0, 0.05) is 12.1 Å². The molecule has 1 aromatic heterocycles. The molecule has 1 unspecified atom stereocenters. The standard InChI is InChI=1S/C19H23ClN2O4/c1-24-17-11-13(10-14(20)18(17)25-2)19(23)21-12-15(16-6-5-9-26-16)22-7-3-4-8-22/h5-6,9-11,15H,3-4,7-8,12H2,1-2H3,(H,21,23). The molecule has 1 saturated heterocycles. The summed E-state index contributed by atoms with van der Waals surface area (Å²) in [7, 11) is 3.02. The molecule has 0 bridgehead atoms. The molecule has 26 heavy (non-hydrogen) atoms. The lowest BCUT2D eigenvalue weighted by Crippen LogP contribution is -2.36. The molecule has 0 spiro atoms. The summed E-state index contributed by atoms with van der Waals surface area (Å²) in [5.41, 5.74) is 0.423. The van der Waals surface area contributed by atoms with Crippen molar-refractivity contribution in [2.45, 2.75) is 18.9 Å². The number of halogens is 1. The molecule has 2 aromatic rings. The van der Waals surface area contributed by atoms with Gasteiger partial charge in [-0.05, 0) is 50.2 Å². The zero-order valence-corrected chi connectivity index (χ0v) is 15.7. The van der Waals surface area contributed by atoms with Crippen molar-refractivity contribution in [1.82, 2.24) is 10.2 Å². The Morgan fingerprint density at radius 2 is 2.08 bits per heavy atom. The number of hydrogen-bond acceptors (Lipinski definition) is 5. The molecular formula is C19H23ClN2O4. The van der Waals surface area contributed by atoms with E-state index in [-0.39, 0.29) is 11.9 Å². The van der Waals surface area contributed by atoms with E-state index < -0.39 is 0 Å². The fourth-order valence-corrected chi connectivity index (χ4v) is 3.57. The van der Waals surface area contributed by atoms with Gasteiger partial charge in [0.2, 0.25) is 0 Å². The first-order valence-electron chi connectivity index (χ1n) is 8.61. The highest BCUT2D eigenvalue weighted by Gasteiger charge is 2.26. The third kappa shape index (κ3) is 3.97. The highest BCUT2D eigenvalue weighted by Crippen LogP contribution is 2.36. The molecule has 3 rings (SSSR count). The van der Waals surface area contributed by atoms with Crippen LogP contribution in [0.5, 0.6) is 11.5 Å². The zero-order valence-electron chi connectivity index (χ0n) is 15.0. The van der Waals surface area contributed by atoms with Crippen LogP contribution in [0.4, 0.5) is 0 Å². The van der Waals surface area contributed by atoms with Gasteiger partial charge >= 0.3 is 0 Å². The summed E-state index contributed by atoms with van der Waals surface area (Å²) >= 11 is 6.20. The second-order valence-electron chi connectivity index (χ2n) is 6.18. The van der Waals surface area contributed by atoms with Gasteiger partial charge in [-0.1, -0.05) is 11.6 Å². The predicted octanol–water partition coefficient (Wildman–Crippen LogP) is 3.52. The second-order valence-corrected chi connectivity index (χ2v) is 6.59. The summed E-state index contributed by atoms with van der Waals surface area (Å²) in [4.78, 5) is 15.0. The molecule has 1 atom stereocenters. The number of methoxy groups -OCH3 is 2. The van der Waals surface area contributed by atoms with Crippen molar-refractivity contribution in [3.8, 4) is 11.5 Å². The summed E-state index contributed by atoms with van der Waals surface area (Å²) in [5, 5.41) is 3.32. The first-order valence-corrected chi connectivity index (χ1v) is 8.99. The number of rotatable bonds is 7. The van der Waals surface area contributed by atoms with E-state index in [0.717, 1.165) is 31.7 Å². The number of amides is 1. The van der Waals surface area contributed by atoms with Crippen molar-refractivity contribution in [3.63, 3.8) is 0 Å². The van der Waals surface area contributed by atoms with E-state index in [9.17, 15) is 4.79 Å². The lowest BCUT2D eigenvalue weighted by molar-refractivity contribution is 0.0933. The average molecular weight is 379 g/mol. The number of likely N-dealkylation sites (tertiary alicyclic amines) is 1. The normalized spacial score (nSPS) is 15.7. The summed E-state index contributed by atoms with van der Waals surface area (Å²) in [6, 6.07) is 7.04. The number of ether oxygens (including phenoxy) is 2. The van der Waals surface area contributed by atoms with Gasteiger partial charge in [-0.25, -0.2) is 0 Å². The Morgan fingerprint density at radius 1 is 1.31 bits per heavy atom. The Labute approximate surface area is 158 Å². The second kappa shape index (κ2) is 8.47. The molecule has 1 N–H and O–H groups in total. The molecule has 7 heteroatoms. The number of benzene rings is 1. The van der Waals surface area contributed by atoms with Crippen LogP contribution in [-0.4, -0.2) is 44.7 Å². The molecule has 1 aliphatic rings. The maximum atomic E-state index is 12.6. The van der Waals surface area contributed by atoms with Crippen LogP contribution in [0.3, 0.4) is 0 Å². The van der Waals surface area contributed by atoms with Crippen molar-refractivity contribution in [2.24, 2.45) is 0 Å². The minimum atomic E-state index is -0.219. The number of nitrogens with zero attached hydrogens (tertiary/aromatic N) is 1. The topological polar surface area (TPSA) is 63.9 Å². The SMILES string of the molecule is COc1cc(C(=O)NCC(c2ccco2)N2CCCC2)cc(Cl)c1OC. The molecule has 6 nitrogen and oxygen atoms in total. The number of nitrogens with one attached hydrogen (secondary N) is 1. The van der Waals surface area contributed by atoms with Crippen LogP contribution in [0.25, 0.3) is 0 Å². The van der Waals surface area contributed by atoms with E-state index >= 15 is 0 Å². The molecule has 2 heterocycles. The van der Waals surface area contributed by atoms with E-state index in [1.807, 2.05) is 12.1 Å². The van der Waals surface area contributed by atoms with Crippen molar-refractivity contribution < 1.29 is 18.7 Å². The largest absolute Gasteiger partial charge is 0.493 e. The van der Waals surface area contributed by atoms with Crippen molar-refractivity contribution in [3.05, 3.63) is 46.9 Å². The summed E-state index contributed by atoms with van der Waals surface area (Å²) < 4.78 is 16.1. The van der Waals surface area contributed by atoms with Gasteiger partial charge in [0.1, 0.15) is 5.76 Å². The highest BCUT2D eigenvalue weighted by atomic mass is 35.5. The molecule has 1 aliphatic heterocycles. The molecular weight excluding hydrogens is 356 g/mol. The van der Waals surface area contributed by atoms with E-state index in [2.05, 4.69) is 10.2 Å². The van der Waals surface area contributed by atoms with Gasteiger partial charge in [0.05, 0.1) is 31.5 Å². The quantitative estimate of drug-likeness (QED) is 0.798. The Balaban J connectivity index is 1.73. The third-order valence-electron chi connectivity index (χ3n) is 4.60. The zero-order chi connectivity index (χ0) is 18.5. The lowest BCUT2D eigenvalue weighted by atomic mass is 10.1. The van der Waals surface area contributed by atoms with Crippen LogP contribution in [0, 0.1) is 0 Å². The Bertz CT molecular complexity index is 742. The van der Waals surface area contributed by atoms with Crippen LogP contribution in [0.1, 0.15) is 35.0 Å². The lowest BCUT2D eigenvalue weighted by Gasteiger charge is -2.26. The Morgan fingerprint density at radius 3 is 2.69 bits per heavy atom. The van der Waals surface area contributed by atoms with Gasteiger partial charge in [0.15, 0.2) is 11.5 Å². The molecule has 0 saturated carbocycles. The maximum absolute atomic E-state index is 12.6. The van der Waals surface area contributed by atoms with Gasteiger partial charge in [-0.15, -0.1) is 0 Å². The average Bonchev–Trinajstić information content (AvgIpc) is 3.35. The molecule has 0 aliphatic carbocycles. The summed E-state index contributed by atoms with van der Waals surface area (Å²) in [5.74, 6) is 1.48. The van der Waals surface area contributed by atoms with E-state index in [0.29, 0.717) is 28.6 Å². The van der Waals surface area contributed by atoms with Gasteiger partial charge in [-0.2, -0.15) is 0 Å². The van der Waals surface area contributed by atoms with E-state index in [1.165, 1.54) is 14.2 Å².